The summed E-state index contributed by atoms with van der Waals surface area (Å²) >= 11 is 1.93. The van der Waals surface area contributed by atoms with Gasteiger partial charge in [-0.1, -0.05) is 20.3 Å². The molecule has 0 aromatic carbocycles. The van der Waals surface area contributed by atoms with Gasteiger partial charge < -0.3 is 0 Å². The van der Waals surface area contributed by atoms with Crippen LogP contribution < -0.4 is 0 Å². The van der Waals surface area contributed by atoms with Gasteiger partial charge in [0.1, 0.15) is 0 Å². The first-order valence-corrected chi connectivity index (χ1v) is 6.54. The highest BCUT2D eigenvalue weighted by atomic mass is 32.1. The van der Waals surface area contributed by atoms with Crippen LogP contribution in [0.15, 0.2) is 18.3 Å². The molecule has 0 saturated carbocycles. The van der Waals surface area contributed by atoms with E-state index >= 15 is 0 Å². The summed E-state index contributed by atoms with van der Waals surface area (Å²) in [5.41, 5.74) is 1.04. The highest BCUT2D eigenvalue weighted by Crippen LogP contribution is 2.27. The third kappa shape index (κ3) is 2.70. The van der Waals surface area contributed by atoms with Crippen molar-refractivity contribution in [1.29, 1.82) is 0 Å². The average Bonchev–Trinajstić information content (AvgIpc) is 2.89. The fourth-order valence-electron chi connectivity index (χ4n) is 1.78. The molecular formula is C12H17N3S. The number of H-pyrrole nitrogens is 1. The van der Waals surface area contributed by atoms with E-state index in [4.69, 9.17) is 0 Å². The molecule has 2 rings (SSSR count). The number of aromatic nitrogens is 3. The maximum absolute atomic E-state index is 4.09. The van der Waals surface area contributed by atoms with E-state index in [-0.39, 0.29) is 0 Å². The summed E-state index contributed by atoms with van der Waals surface area (Å²) in [6.45, 7) is 4.47. The molecule has 86 valence electrons. The summed E-state index contributed by atoms with van der Waals surface area (Å²) < 4.78 is 0. The highest BCUT2D eigenvalue weighted by Gasteiger charge is 2.10. The van der Waals surface area contributed by atoms with Crippen molar-refractivity contribution in [2.45, 2.75) is 39.0 Å². The zero-order valence-electron chi connectivity index (χ0n) is 9.73. The van der Waals surface area contributed by atoms with Crippen LogP contribution >= 0.6 is 11.3 Å². The molecule has 1 unspecified atom stereocenters. The Hall–Kier alpha value is -1.16. The van der Waals surface area contributed by atoms with Crippen LogP contribution in [0, 0.1) is 0 Å². The highest BCUT2D eigenvalue weighted by molar-refractivity contribution is 7.12. The summed E-state index contributed by atoms with van der Waals surface area (Å²) in [6.07, 6.45) is 5.18. The first-order chi connectivity index (χ1) is 7.79. The van der Waals surface area contributed by atoms with Crippen molar-refractivity contribution in [1.82, 2.24) is 15.4 Å². The van der Waals surface area contributed by atoms with Crippen LogP contribution in [0.4, 0.5) is 0 Å². The Labute approximate surface area is 99.9 Å². The Bertz CT molecular complexity index is 419. The van der Waals surface area contributed by atoms with Gasteiger partial charge in [-0.05, 0) is 24.5 Å². The second-order valence-corrected chi connectivity index (χ2v) is 5.32. The van der Waals surface area contributed by atoms with Gasteiger partial charge in [-0.3, -0.25) is 0 Å². The van der Waals surface area contributed by atoms with Crippen molar-refractivity contribution in [3.05, 3.63) is 33.8 Å². The molecule has 0 fully saturated rings. The fourth-order valence-corrected chi connectivity index (χ4v) is 2.94. The molecular weight excluding hydrogens is 218 g/mol. The lowest BCUT2D eigenvalue weighted by molar-refractivity contribution is 0.749. The van der Waals surface area contributed by atoms with Crippen LogP contribution in [-0.2, 0) is 12.8 Å². The Kier molecular flexibility index (Phi) is 3.72. The Balaban J connectivity index is 2.00. The van der Waals surface area contributed by atoms with E-state index in [1.165, 1.54) is 22.6 Å². The summed E-state index contributed by atoms with van der Waals surface area (Å²) in [6, 6.07) is 4.50. The van der Waals surface area contributed by atoms with Crippen molar-refractivity contribution >= 4 is 11.3 Å². The Morgan fingerprint density at radius 2 is 2.31 bits per heavy atom. The molecule has 2 aromatic rings. The predicted molar refractivity (Wildman–Crippen MR) is 66.8 cm³/mol. The van der Waals surface area contributed by atoms with Crippen molar-refractivity contribution in [2.24, 2.45) is 0 Å². The molecule has 1 N–H and O–H groups in total. The Morgan fingerprint density at radius 1 is 1.44 bits per heavy atom. The molecule has 0 radical (unpaired) electrons. The zero-order chi connectivity index (χ0) is 11.4. The first-order valence-electron chi connectivity index (χ1n) is 5.73. The molecule has 0 aliphatic carbocycles. The quantitative estimate of drug-likeness (QED) is 0.865. The molecule has 0 spiro atoms. The SMILES string of the molecule is CCCc1ccc(C(C)Cc2cn[nH]n2)s1. The van der Waals surface area contributed by atoms with Gasteiger partial charge in [0.25, 0.3) is 0 Å². The van der Waals surface area contributed by atoms with Gasteiger partial charge in [0.2, 0.25) is 0 Å². The van der Waals surface area contributed by atoms with Gasteiger partial charge in [-0.25, -0.2) is 0 Å². The van der Waals surface area contributed by atoms with Crippen LogP contribution in [0.25, 0.3) is 0 Å². The van der Waals surface area contributed by atoms with E-state index < -0.39 is 0 Å². The summed E-state index contributed by atoms with van der Waals surface area (Å²) in [4.78, 5) is 2.94. The molecule has 0 bridgehead atoms. The maximum atomic E-state index is 4.09. The lowest BCUT2D eigenvalue weighted by Crippen LogP contribution is -1.96. The molecule has 1 atom stereocenters. The van der Waals surface area contributed by atoms with Crippen LogP contribution in [0.2, 0.25) is 0 Å². The number of thiophene rings is 1. The third-order valence-corrected chi connectivity index (χ3v) is 4.02. The molecule has 2 aromatic heterocycles. The average molecular weight is 235 g/mol. The van der Waals surface area contributed by atoms with Crippen molar-refractivity contribution in [2.75, 3.05) is 0 Å². The van der Waals surface area contributed by atoms with E-state index in [1.54, 1.807) is 6.20 Å². The van der Waals surface area contributed by atoms with Crippen LogP contribution in [0.1, 0.15) is 41.6 Å². The number of hydrogen-bond acceptors (Lipinski definition) is 3. The van der Waals surface area contributed by atoms with Gasteiger partial charge >= 0.3 is 0 Å². The summed E-state index contributed by atoms with van der Waals surface area (Å²) in [5.74, 6) is 0.528. The van der Waals surface area contributed by atoms with E-state index in [1.807, 2.05) is 11.3 Å². The number of nitrogens with zero attached hydrogens (tertiary/aromatic N) is 2. The van der Waals surface area contributed by atoms with E-state index in [0.29, 0.717) is 5.92 Å². The van der Waals surface area contributed by atoms with Gasteiger partial charge in [0.05, 0.1) is 11.9 Å². The van der Waals surface area contributed by atoms with Crippen LogP contribution in [0.3, 0.4) is 0 Å². The Morgan fingerprint density at radius 3 is 3.00 bits per heavy atom. The zero-order valence-corrected chi connectivity index (χ0v) is 10.5. The molecule has 0 saturated heterocycles. The molecule has 0 amide bonds. The molecule has 0 aliphatic rings. The fraction of sp³-hybridized carbons (Fsp3) is 0.500. The number of rotatable bonds is 5. The second kappa shape index (κ2) is 5.25. The first kappa shape index (κ1) is 11.3. The molecule has 0 aliphatic heterocycles. The van der Waals surface area contributed by atoms with E-state index in [9.17, 15) is 0 Å². The second-order valence-electron chi connectivity index (χ2n) is 4.12. The lowest BCUT2D eigenvalue weighted by atomic mass is 10.0. The largest absolute Gasteiger partial charge is 0.198 e. The normalized spacial score (nSPS) is 12.9. The predicted octanol–water partition coefficient (Wildman–Crippen LogP) is 3.16. The molecule has 3 nitrogen and oxygen atoms in total. The van der Waals surface area contributed by atoms with E-state index in [2.05, 4.69) is 41.4 Å². The number of nitrogens with one attached hydrogen (secondary N) is 1. The lowest BCUT2D eigenvalue weighted by Gasteiger charge is -2.05. The summed E-state index contributed by atoms with van der Waals surface area (Å²) in [5, 5.41) is 10.6. The van der Waals surface area contributed by atoms with Gasteiger partial charge in [0, 0.05) is 16.2 Å². The van der Waals surface area contributed by atoms with Crippen molar-refractivity contribution < 1.29 is 0 Å². The number of aromatic amines is 1. The number of aryl methyl sites for hydroxylation is 1. The van der Waals surface area contributed by atoms with Crippen LogP contribution in [0.5, 0.6) is 0 Å². The minimum Gasteiger partial charge on any atom is -0.198 e. The van der Waals surface area contributed by atoms with Crippen LogP contribution in [-0.4, -0.2) is 15.4 Å². The minimum absolute atomic E-state index is 0.528. The molecule has 2 heterocycles. The van der Waals surface area contributed by atoms with Gasteiger partial charge in [-0.2, -0.15) is 15.4 Å². The number of hydrogen-bond donors (Lipinski definition) is 1. The smallest absolute Gasteiger partial charge is 0.0830 e. The third-order valence-electron chi connectivity index (χ3n) is 2.64. The topological polar surface area (TPSA) is 41.6 Å². The molecule has 16 heavy (non-hydrogen) atoms. The minimum atomic E-state index is 0.528. The molecule has 4 heteroatoms. The van der Waals surface area contributed by atoms with Crippen molar-refractivity contribution in [3.8, 4) is 0 Å². The standard InChI is InChI=1S/C12H17N3S/c1-3-4-11-5-6-12(16-11)9(2)7-10-8-13-15-14-10/h5-6,8-9H,3-4,7H2,1-2H3,(H,13,14,15). The summed E-state index contributed by atoms with van der Waals surface area (Å²) in [7, 11) is 0. The van der Waals surface area contributed by atoms with Gasteiger partial charge in [-0.15, -0.1) is 11.3 Å². The van der Waals surface area contributed by atoms with Crippen molar-refractivity contribution in [3.63, 3.8) is 0 Å². The maximum Gasteiger partial charge on any atom is 0.0830 e. The van der Waals surface area contributed by atoms with E-state index in [0.717, 1.165) is 12.1 Å². The van der Waals surface area contributed by atoms with Gasteiger partial charge in [0.15, 0.2) is 0 Å². The monoisotopic (exact) mass is 235 g/mol.